The molecule has 0 saturated carbocycles. The van der Waals surface area contributed by atoms with Gasteiger partial charge in [-0.2, -0.15) is 13.2 Å². The Kier molecular flexibility index (Phi) is 13.4. The van der Waals surface area contributed by atoms with Crippen LogP contribution in [0.4, 0.5) is 13.2 Å². The van der Waals surface area contributed by atoms with Crippen LogP contribution in [-0.4, -0.2) is 23.1 Å². The van der Waals surface area contributed by atoms with E-state index in [-0.39, 0.29) is 0 Å². The van der Waals surface area contributed by atoms with E-state index in [0.29, 0.717) is 12.8 Å². The van der Waals surface area contributed by atoms with Crippen LogP contribution in [0.15, 0.2) is 0 Å². The van der Waals surface area contributed by atoms with E-state index in [0.717, 1.165) is 19.3 Å². The summed E-state index contributed by atoms with van der Waals surface area (Å²) in [5, 5.41) is -0.991. The summed E-state index contributed by atoms with van der Waals surface area (Å²) >= 11 is 5.78. The van der Waals surface area contributed by atoms with Crippen LogP contribution in [0.2, 0.25) is 0 Å². The van der Waals surface area contributed by atoms with E-state index in [1.54, 1.807) is 0 Å². The minimum absolute atomic E-state index is 0.336. The minimum atomic E-state index is -4.96. The number of hydrogen-bond donors (Lipinski definition) is 0. The number of carbonyl (C=O) groups excluding carboxylic acids is 2. The van der Waals surface area contributed by atoms with Gasteiger partial charge in [-0.1, -0.05) is 77.6 Å². The number of Topliss-reactive ketones (excluding diaryl/α,β-unsaturated/α-hetero) is 2. The van der Waals surface area contributed by atoms with Crippen LogP contribution in [0.25, 0.3) is 0 Å². The van der Waals surface area contributed by atoms with Crippen LogP contribution in [0.3, 0.4) is 0 Å². The Bertz CT molecular complexity index is 357. The molecule has 24 heavy (non-hydrogen) atoms. The van der Waals surface area contributed by atoms with E-state index < -0.39 is 29.5 Å². The highest BCUT2D eigenvalue weighted by molar-refractivity contribution is 6.32. The second-order valence-electron chi connectivity index (χ2n) is 6.36. The zero-order valence-corrected chi connectivity index (χ0v) is 15.4. The standard InChI is InChI=1S/C18H30ClF3O2/c1-2-3-4-5-6-7-8-9-10-11-12-13-15(19)16(23)14-17(24)18(20,21)22/h15H,2-14H2,1H3. The molecule has 0 aromatic rings. The van der Waals surface area contributed by atoms with Crippen molar-refractivity contribution in [2.24, 2.45) is 0 Å². The molecule has 0 aromatic heterocycles. The fourth-order valence-corrected chi connectivity index (χ4v) is 2.75. The minimum Gasteiger partial charge on any atom is -0.298 e. The highest BCUT2D eigenvalue weighted by atomic mass is 35.5. The number of rotatable bonds is 15. The first-order valence-electron chi connectivity index (χ1n) is 9.05. The Morgan fingerprint density at radius 2 is 1.25 bits per heavy atom. The molecule has 0 heterocycles. The summed E-state index contributed by atoms with van der Waals surface area (Å²) in [6.07, 6.45) is 6.98. The SMILES string of the molecule is CCCCCCCCCCCCCC(Cl)C(=O)CC(=O)C(F)(F)F. The van der Waals surface area contributed by atoms with Crippen molar-refractivity contribution in [2.75, 3.05) is 0 Å². The van der Waals surface area contributed by atoms with Gasteiger partial charge in [0.05, 0.1) is 11.8 Å². The molecule has 0 spiro atoms. The van der Waals surface area contributed by atoms with Gasteiger partial charge in [-0.3, -0.25) is 9.59 Å². The highest BCUT2D eigenvalue weighted by Gasteiger charge is 2.39. The molecule has 0 N–H and O–H groups in total. The van der Waals surface area contributed by atoms with E-state index in [4.69, 9.17) is 11.6 Å². The van der Waals surface area contributed by atoms with Crippen LogP contribution in [0, 0.1) is 0 Å². The normalized spacial score (nSPS) is 13.0. The van der Waals surface area contributed by atoms with Crippen LogP contribution in [0.5, 0.6) is 0 Å². The largest absolute Gasteiger partial charge is 0.450 e. The van der Waals surface area contributed by atoms with E-state index in [1.165, 1.54) is 44.9 Å². The summed E-state index contributed by atoms with van der Waals surface area (Å²) in [5.41, 5.74) is 0. The molecule has 1 atom stereocenters. The second-order valence-corrected chi connectivity index (χ2v) is 6.88. The molecule has 0 aliphatic carbocycles. The third-order valence-corrected chi connectivity index (χ3v) is 4.52. The van der Waals surface area contributed by atoms with E-state index in [1.807, 2.05) is 0 Å². The predicted octanol–water partition coefficient (Wildman–Crippen LogP) is 6.39. The van der Waals surface area contributed by atoms with Gasteiger partial charge in [0, 0.05) is 0 Å². The maximum atomic E-state index is 12.1. The van der Waals surface area contributed by atoms with Crippen molar-refractivity contribution in [3.8, 4) is 0 Å². The molecular weight excluding hydrogens is 341 g/mol. The number of unbranched alkanes of at least 4 members (excludes halogenated alkanes) is 10. The first kappa shape index (κ1) is 23.4. The van der Waals surface area contributed by atoms with E-state index in [2.05, 4.69) is 6.92 Å². The molecule has 0 rings (SSSR count). The van der Waals surface area contributed by atoms with Gasteiger partial charge in [-0.25, -0.2) is 0 Å². The zero-order chi connectivity index (χ0) is 18.4. The Morgan fingerprint density at radius 3 is 1.67 bits per heavy atom. The average Bonchev–Trinajstić information content (AvgIpc) is 2.51. The molecule has 0 aliphatic rings. The van der Waals surface area contributed by atoms with E-state index >= 15 is 0 Å². The van der Waals surface area contributed by atoms with Crippen molar-refractivity contribution in [1.82, 2.24) is 0 Å². The van der Waals surface area contributed by atoms with Gasteiger partial charge >= 0.3 is 6.18 Å². The Labute approximate surface area is 148 Å². The van der Waals surface area contributed by atoms with Crippen LogP contribution >= 0.6 is 11.6 Å². The van der Waals surface area contributed by atoms with Crippen LogP contribution in [0.1, 0.15) is 90.4 Å². The lowest BCUT2D eigenvalue weighted by molar-refractivity contribution is -0.171. The Balaban J connectivity index is 3.53. The van der Waals surface area contributed by atoms with Crippen molar-refractivity contribution in [3.63, 3.8) is 0 Å². The highest BCUT2D eigenvalue weighted by Crippen LogP contribution is 2.20. The summed E-state index contributed by atoms with van der Waals surface area (Å²) in [6, 6.07) is 0. The second kappa shape index (κ2) is 13.7. The number of alkyl halides is 4. The topological polar surface area (TPSA) is 34.1 Å². The number of hydrogen-bond acceptors (Lipinski definition) is 2. The molecular formula is C18H30ClF3O2. The monoisotopic (exact) mass is 370 g/mol. The third kappa shape index (κ3) is 12.8. The fraction of sp³-hybridized carbons (Fsp3) is 0.889. The van der Waals surface area contributed by atoms with Crippen molar-refractivity contribution in [2.45, 2.75) is 102 Å². The lowest BCUT2D eigenvalue weighted by Gasteiger charge is -2.09. The average molecular weight is 371 g/mol. The molecule has 142 valence electrons. The molecule has 0 radical (unpaired) electrons. The van der Waals surface area contributed by atoms with Crippen LogP contribution < -0.4 is 0 Å². The number of halogens is 4. The molecule has 6 heteroatoms. The molecule has 0 amide bonds. The summed E-state index contributed by atoms with van der Waals surface area (Å²) in [6.45, 7) is 2.20. The van der Waals surface area contributed by atoms with Crippen molar-refractivity contribution >= 4 is 23.2 Å². The van der Waals surface area contributed by atoms with Crippen LogP contribution in [-0.2, 0) is 9.59 Å². The summed E-state index contributed by atoms with van der Waals surface area (Å²) in [4.78, 5) is 22.2. The lowest BCUT2D eigenvalue weighted by Crippen LogP contribution is -2.28. The van der Waals surface area contributed by atoms with Crippen molar-refractivity contribution in [1.29, 1.82) is 0 Å². The van der Waals surface area contributed by atoms with Gasteiger partial charge in [-0.15, -0.1) is 11.6 Å². The lowest BCUT2D eigenvalue weighted by atomic mass is 10.0. The summed E-state index contributed by atoms with van der Waals surface area (Å²) < 4.78 is 36.2. The summed E-state index contributed by atoms with van der Waals surface area (Å²) in [7, 11) is 0. The molecule has 0 bridgehead atoms. The quantitative estimate of drug-likeness (QED) is 0.190. The van der Waals surface area contributed by atoms with Crippen molar-refractivity contribution < 1.29 is 22.8 Å². The molecule has 1 unspecified atom stereocenters. The Hall–Kier alpha value is -0.580. The molecule has 0 aromatic carbocycles. The summed E-state index contributed by atoms with van der Waals surface area (Å²) in [5.74, 6) is -2.84. The Morgan fingerprint density at radius 1 is 0.833 bits per heavy atom. The van der Waals surface area contributed by atoms with Gasteiger partial charge in [-0.05, 0) is 6.42 Å². The van der Waals surface area contributed by atoms with Gasteiger partial charge in [0.15, 0.2) is 5.78 Å². The molecule has 0 fully saturated rings. The predicted molar refractivity (Wildman–Crippen MR) is 91.4 cm³/mol. The van der Waals surface area contributed by atoms with Crippen molar-refractivity contribution in [3.05, 3.63) is 0 Å². The van der Waals surface area contributed by atoms with E-state index in [9.17, 15) is 22.8 Å². The molecule has 0 aliphatic heterocycles. The maximum absolute atomic E-state index is 12.1. The van der Waals surface area contributed by atoms with Gasteiger partial charge in [0.1, 0.15) is 0 Å². The number of ketones is 2. The first-order chi connectivity index (χ1) is 11.3. The molecule has 0 saturated heterocycles. The van der Waals surface area contributed by atoms with Gasteiger partial charge in [0.25, 0.3) is 0 Å². The smallest absolute Gasteiger partial charge is 0.298 e. The van der Waals surface area contributed by atoms with Gasteiger partial charge < -0.3 is 0 Å². The number of carbonyl (C=O) groups is 2. The fourth-order valence-electron chi connectivity index (χ4n) is 2.52. The third-order valence-electron chi connectivity index (χ3n) is 4.06. The maximum Gasteiger partial charge on any atom is 0.450 e. The zero-order valence-electron chi connectivity index (χ0n) is 14.6. The van der Waals surface area contributed by atoms with Gasteiger partial charge in [0.2, 0.25) is 5.78 Å². The first-order valence-corrected chi connectivity index (χ1v) is 9.49. The molecule has 2 nitrogen and oxygen atoms in total.